The number of amidine groups is 1. The summed E-state index contributed by atoms with van der Waals surface area (Å²) < 4.78 is 0. The Morgan fingerprint density at radius 2 is 1.94 bits per heavy atom. The topological polar surface area (TPSA) is 52.9 Å². The first-order chi connectivity index (χ1) is 14.9. The van der Waals surface area contributed by atoms with E-state index < -0.39 is 0 Å². The molecular weight excluding hydrogens is 402 g/mol. The Kier molecular flexibility index (Phi) is 9.69. The Morgan fingerprint density at radius 3 is 2.48 bits per heavy atom. The van der Waals surface area contributed by atoms with Crippen LogP contribution < -0.4 is 5.32 Å². The Hall–Kier alpha value is -2.21. The number of aliphatic imine (C=N–C) groups is 1. The number of fused-ring (bicyclic) bond motifs is 1. The lowest BCUT2D eigenvalue weighted by Gasteiger charge is -2.30. The highest BCUT2D eigenvalue weighted by molar-refractivity contribution is 7.12. The molecule has 0 spiro atoms. The lowest BCUT2D eigenvalue weighted by Crippen LogP contribution is -2.34. The monoisotopic (exact) mass is 441 g/mol. The highest BCUT2D eigenvalue weighted by atomic mass is 32.1. The third kappa shape index (κ3) is 5.94. The Balaban J connectivity index is 0.000000501. The maximum atomic E-state index is 5.03. The van der Waals surface area contributed by atoms with Crippen LogP contribution in [-0.2, 0) is 0 Å². The third-order valence-electron chi connectivity index (χ3n) is 5.52. The van der Waals surface area contributed by atoms with E-state index in [4.69, 9.17) is 15.1 Å². The number of thiazole rings is 1. The highest BCUT2D eigenvalue weighted by Crippen LogP contribution is 2.41. The van der Waals surface area contributed by atoms with Gasteiger partial charge in [-0.2, -0.15) is 5.10 Å². The lowest BCUT2D eigenvalue weighted by molar-refractivity contribution is 0.330. The van der Waals surface area contributed by atoms with Crippen molar-refractivity contribution in [2.24, 2.45) is 16.0 Å². The lowest BCUT2D eigenvalue weighted by atomic mass is 9.91. The van der Waals surface area contributed by atoms with Crippen LogP contribution in [0.3, 0.4) is 0 Å². The maximum Gasteiger partial charge on any atom is 0.148 e. The first-order valence-corrected chi connectivity index (χ1v) is 12.3. The van der Waals surface area contributed by atoms with Gasteiger partial charge >= 0.3 is 0 Å². The molecule has 0 bridgehead atoms. The van der Waals surface area contributed by atoms with Gasteiger partial charge in [-0.25, -0.2) is 9.99 Å². The summed E-state index contributed by atoms with van der Waals surface area (Å²) in [6.07, 6.45) is 13.7. The zero-order valence-electron chi connectivity index (χ0n) is 20.4. The number of hydrogen-bond donors (Lipinski definition) is 1. The van der Waals surface area contributed by atoms with Crippen LogP contribution >= 0.6 is 11.3 Å². The largest absolute Gasteiger partial charge is 0.394 e. The van der Waals surface area contributed by atoms with Crippen molar-refractivity contribution in [2.75, 3.05) is 7.05 Å². The van der Waals surface area contributed by atoms with Crippen molar-refractivity contribution >= 4 is 29.0 Å². The van der Waals surface area contributed by atoms with Crippen molar-refractivity contribution < 1.29 is 0 Å². The van der Waals surface area contributed by atoms with Gasteiger partial charge in [0.2, 0.25) is 0 Å². The highest BCUT2D eigenvalue weighted by Gasteiger charge is 2.41. The van der Waals surface area contributed by atoms with Gasteiger partial charge in [0.05, 0.1) is 22.3 Å². The molecule has 170 valence electrons. The fourth-order valence-electron chi connectivity index (χ4n) is 3.98. The molecule has 0 fully saturated rings. The normalized spacial score (nSPS) is 20.5. The van der Waals surface area contributed by atoms with Gasteiger partial charge in [0.1, 0.15) is 16.9 Å². The summed E-state index contributed by atoms with van der Waals surface area (Å²) in [6.45, 7) is 15.0. The molecule has 6 heteroatoms. The predicted molar refractivity (Wildman–Crippen MR) is 137 cm³/mol. The summed E-state index contributed by atoms with van der Waals surface area (Å²) >= 11 is 1.76. The summed E-state index contributed by atoms with van der Waals surface area (Å²) in [5, 5.41) is 11.0. The zero-order valence-corrected chi connectivity index (χ0v) is 21.3. The van der Waals surface area contributed by atoms with E-state index in [9.17, 15) is 0 Å². The molecule has 3 heterocycles. The molecule has 3 rings (SSSR count). The molecule has 31 heavy (non-hydrogen) atoms. The van der Waals surface area contributed by atoms with Gasteiger partial charge in [0, 0.05) is 12.6 Å². The molecule has 0 radical (unpaired) electrons. The molecule has 2 unspecified atom stereocenters. The molecule has 0 amide bonds. The molecule has 1 aromatic heterocycles. The van der Waals surface area contributed by atoms with Crippen LogP contribution in [0.5, 0.6) is 0 Å². The molecule has 2 aliphatic heterocycles. The maximum absolute atomic E-state index is 5.03. The number of hydrazone groups is 1. The van der Waals surface area contributed by atoms with Crippen molar-refractivity contribution in [3.8, 4) is 0 Å². The van der Waals surface area contributed by atoms with Crippen molar-refractivity contribution in [1.82, 2.24) is 15.3 Å². The molecule has 1 N–H and O–H groups in total. The number of nitrogens with zero attached hydrogens (tertiary/aromatic N) is 4. The van der Waals surface area contributed by atoms with Crippen LogP contribution in [0.15, 0.2) is 40.1 Å². The third-order valence-corrected chi connectivity index (χ3v) is 6.72. The number of allylic oxidation sites excluding steroid dienone is 3. The van der Waals surface area contributed by atoms with Crippen LogP contribution in [0.1, 0.15) is 82.4 Å². The standard InChI is InChI=1S/C20H28N4S.C5H11N/c1-7-10-17-21-14(6)19(25-17)18-13(5)22-20-16(15(8-2)9-3)11-12(4)23-24(18)20;1-3-4-5-6-2/h7,10-11,13,15,18H,8-9H2,1-6H3;4-6H,3H2,1-2H3/b10-7+;5-4-. The van der Waals surface area contributed by atoms with E-state index in [1.54, 1.807) is 11.3 Å². The Labute approximate surface area is 192 Å². The minimum atomic E-state index is 0.152. The van der Waals surface area contributed by atoms with E-state index in [-0.39, 0.29) is 12.1 Å². The summed E-state index contributed by atoms with van der Waals surface area (Å²) in [7, 11) is 1.90. The van der Waals surface area contributed by atoms with Gasteiger partial charge in [-0.1, -0.05) is 32.9 Å². The van der Waals surface area contributed by atoms with Crippen LogP contribution in [0, 0.1) is 12.8 Å². The predicted octanol–water partition coefficient (Wildman–Crippen LogP) is 6.51. The summed E-state index contributed by atoms with van der Waals surface area (Å²) in [4.78, 5) is 11.0. The number of rotatable bonds is 7. The number of aryl methyl sites for hydroxylation is 1. The van der Waals surface area contributed by atoms with Crippen molar-refractivity contribution in [3.05, 3.63) is 45.6 Å². The molecule has 5 nitrogen and oxygen atoms in total. The van der Waals surface area contributed by atoms with Gasteiger partial charge in [-0.15, -0.1) is 11.3 Å². The van der Waals surface area contributed by atoms with Crippen molar-refractivity contribution in [1.29, 1.82) is 0 Å². The van der Waals surface area contributed by atoms with Crippen molar-refractivity contribution in [2.45, 2.75) is 79.8 Å². The van der Waals surface area contributed by atoms with E-state index in [0.29, 0.717) is 5.92 Å². The Bertz CT molecular complexity index is 864. The SMILES string of the molecule is C/C=C/c1nc(C)c(C2C(C)N=C3C(C(CC)CC)=CC(C)=NN32)s1.CC/C=C\NC. The number of nitrogens with one attached hydrogen (secondary N) is 1. The van der Waals surface area contributed by atoms with E-state index in [2.05, 4.69) is 70.1 Å². The minimum absolute atomic E-state index is 0.152. The average Bonchev–Trinajstić information content (AvgIpc) is 3.26. The second-order valence-electron chi connectivity index (χ2n) is 7.94. The van der Waals surface area contributed by atoms with Crippen LogP contribution in [0.4, 0.5) is 0 Å². The second kappa shape index (κ2) is 12.0. The fraction of sp³-hybridized carbons (Fsp3) is 0.560. The average molecular weight is 442 g/mol. The number of hydrogen-bond acceptors (Lipinski definition) is 6. The quantitative estimate of drug-likeness (QED) is 0.525. The first-order valence-electron chi connectivity index (χ1n) is 11.5. The van der Waals surface area contributed by atoms with E-state index >= 15 is 0 Å². The smallest absolute Gasteiger partial charge is 0.148 e. The van der Waals surface area contributed by atoms with Gasteiger partial charge < -0.3 is 5.32 Å². The summed E-state index contributed by atoms with van der Waals surface area (Å²) in [5.41, 5.74) is 3.51. The van der Waals surface area contributed by atoms with Gasteiger partial charge in [0.25, 0.3) is 0 Å². The van der Waals surface area contributed by atoms with Crippen LogP contribution in [0.2, 0.25) is 0 Å². The molecule has 0 saturated carbocycles. The Morgan fingerprint density at radius 1 is 1.23 bits per heavy atom. The molecule has 0 aliphatic carbocycles. The molecule has 1 aromatic rings. The molecule has 0 saturated heterocycles. The van der Waals surface area contributed by atoms with Crippen molar-refractivity contribution in [3.63, 3.8) is 0 Å². The van der Waals surface area contributed by atoms with E-state index in [0.717, 1.165) is 41.5 Å². The molecular formula is C25H39N5S. The van der Waals surface area contributed by atoms with Crippen LogP contribution in [-0.4, -0.2) is 34.6 Å². The van der Waals surface area contributed by atoms with Gasteiger partial charge in [-0.05, 0) is 71.2 Å². The zero-order chi connectivity index (χ0) is 23.0. The number of aromatic nitrogens is 1. The minimum Gasteiger partial charge on any atom is -0.394 e. The first kappa shape index (κ1) is 25.1. The van der Waals surface area contributed by atoms with Crippen LogP contribution in [0.25, 0.3) is 6.08 Å². The summed E-state index contributed by atoms with van der Waals surface area (Å²) in [5.74, 6) is 1.61. The molecule has 2 atom stereocenters. The van der Waals surface area contributed by atoms with E-state index in [1.807, 2.05) is 26.2 Å². The van der Waals surface area contributed by atoms with Gasteiger partial charge in [0.15, 0.2) is 0 Å². The van der Waals surface area contributed by atoms with Gasteiger partial charge in [-0.3, -0.25) is 4.99 Å². The molecule has 2 aliphatic rings. The fourth-order valence-corrected chi connectivity index (χ4v) is 5.20. The second-order valence-corrected chi connectivity index (χ2v) is 9.00. The van der Waals surface area contributed by atoms with E-state index in [1.165, 1.54) is 10.5 Å². The molecule has 0 aromatic carbocycles. The summed E-state index contributed by atoms with van der Waals surface area (Å²) in [6, 6.07) is 0.333.